The highest BCUT2D eigenvalue weighted by Gasteiger charge is 2.47. The van der Waals surface area contributed by atoms with Crippen molar-refractivity contribution in [1.82, 2.24) is 29.8 Å². The number of imidazole rings is 1. The lowest BCUT2D eigenvalue weighted by Crippen LogP contribution is -2.41. The van der Waals surface area contributed by atoms with Gasteiger partial charge in [0, 0.05) is 31.0 Å². The number of pyridine rings is 1. The van der Waals surface area contributed by atoms with Crippen molar-refractivity contribution in [3.63, 3.8) is 0 Å². The fourth-order valence-electron chi connectivity index (χ4n) is 3.39. The number of carbonyl (C=O) groups excluding carboxylic acids is 1. The molecule has 3 aromatic heterocycles. The van der Waals surface area contributed by atoms with Gasteiger partial charge in [-0.15, -0.1) is 0 Å². The first kappa shape index (κ1) is 21.4. The van der Waals surface area contributed by atoms with E-state index < -0.39 is 30.4 Å². The van der Waals surface area contributed by atoms with Crippen molar-refractivity contribution >= 4 is 34.5 Å². The van der Waals surface area contributed by atoms with Gasteiger partial charge in [-0.1, -0.05) is 11.6 Å². The molecule has 0 spiro atoms. The summed E-state index contributed by atoms with van der Waals surface area (Å²) >= 11 is 6.08. The van der Waals surface area contributed by atoms with Gasteiger partial charge in [0.1, 0.15) is 12.2 Å². The average Bonchev–Trinajstić information content (AvgIpc) is 3.28. The van der Waals surface area contributed by atoms with Crippen LogP contribution in [0.1, 0.15) is 20.1 Å². The van der Waals surface area contributed by atoms with Crippen LogP contribution in [0, 0.1) is 0 Å². The minimum Gasteiger partial charge on any atom is -0.387 e. The van der Waals surface area contributed by atoms with Gasteiger partial charge in [-0.2, -0.15) is 0 Å². The monoisotopic (exact) mass is 447 g/mol. The van der Waals surface area contributed by atoms with Crippen molar-refractivity contribution in [2.24, 2.45) is 0 Å². The molecular weight excluding hydrogens is 426 g/mol. The molecule has 31 heavy (non-hydrogen) atoms. The molecule has 1 fully saturated rings. The fourth-order valence-corrected chi connectivity index (χ4v) is 3.56. The molecule has 1 aliphatic heterocycles. The molecule has 11 nitrogen and oxygen atoms in total. The lowest BCUT2D eigenvalue weighted by Gasteiger charge is -2.17. The van der Waals surface area contributed by atoms with E-state index in [1.165, 1.54) is 24.1 Å². The zero-order chi connectivity index (χ0) is 22.3. The molecule has 0 aliphatic carbocycles. The third-order valence-corrected chi connectivity index (χ3v) is 5.03. The van der Waals surface area contributed by atoms with Crippen molar-refractivity contribution in [2.45, 2.75) is 44.4 Å². The first-order valence-corrected chi connectivity index (χ1v) is 10.0. The Kier molecular flexibility index (Phi) is 5.75. The van der Waals surface area contributed by atoms with Gasteiger partial charge in [-0.25, -0.2) is 15.0 Å². The molecule has 0 radical (unpaired) electrons. The van der Waals surface area contributed by atoms with Gasteiger partial charge in [0.15, 0.2) is 35.1 Å². The molecule has 0 bridgehead atoms. The van der Waals surface area contributed by atoms with Crippen molar-refractivity contribution in [3.05, 3.63) is 29.8 Å². The van der Waals surface area contributed by atoms with E-state index in [9.17, 15) is 15.0 Å². The molecule has 12 heteroatoms. The SMILES string of the molecule is CNC(=O)[C@H]1O[C@@H](n2cnc3c(NC(C)C)nc(-c4cncc(Cl)c4)nc32)[C@H](O)[C@@H]1O. The second kappa shape index (κ2) is 8.35. The van der Waals surface area contributed by atoms with Gasteiger partial charge in [0.05, 0.1) is 11.3 Å². The summed E-state index contributed by atoms with van der Waals surface area (Å²) in [6, 6.07) is 1.74. The molecule has 1 amide bonds. The van der Waals surface area contributed by atoms with Gasteiger partial charge < -0.3 is 25.6 Å². The number of nitrogens with zero attached hydrogens (tertiary/aromatic N) is 5. The Labute approximate surface area is 182 Å². The van der Waals surface area contributed by atoms with Crippen molar-refractivity contribution in [3.8, 4) is 11.4 Å². The summed E-state index contributed by atoms with van der Waals surface area (Å²) in [5.74, 6) is 0.272. The average molecular weight is 448 g/mol. The normalized spacial score (nSPS) is 23.5. The first-order chi connectivity index (χ1) is 14.8. The molecule has 1 saturated heterocycles. The molecule has 4 rings (SSSR count). The van der Waals surface area contributed by atoms with E-state index in [1.54, 1.807) is 12.3 Å². The van der Waals surface area contributed by atoms with Crippen LogP contribution in [0.25, 0.3) is 22.6 Å². The highest BCUT2D eigenvalue weighted by molar-refractivity contribution is 6.30. The summed E-state index contributed by atoms with van der Waals surface area (Å²) in [6.07, 6.45) is -0.564. The highest BCUT2D eigenvalue weighted by Crippen LogP contribution is 2.33. The maximum absolute atomic E-state index is 12.0. The predicted molar refractivity (Wildman–Crippen MR) is 112 cm³/mol. The number of ether oxygens (including phenoxy) is 1. The number of aliphatic hydroxyl groups is 2. The highest BCUT2D eigenvalue weighted by atomic mass is 35.5. The van der Waals surface area contributed by atoms with E-state index in [4.69, 9.17) is 16.3 Å². The molecule has 0 unspecified atom stereocenters. The number of aromatic nitrogens is 5. The van der Waals surface area contributed by atoms with E-state index in [0.29, 0.717) is 33.4 Å². The van der Waals surface area contributed by atoms with E-state index in [-0.39, 0.29) is 6.04 Å². The largest absolute Gasteiger partial charge is 0.387 e. The Morgan fingerprint density at radius 3 is 2.71 bits per heavy atom. The number of halogens is 1. The Hall–Kier alpha value is -2.86. The van der Waals surface area contributed by atoms with Crippen LogP contribution in [0.2, 0.25) is 5.02 Å². The Bertz CT molecular complexity index is 1120. The number of carbonyl (C=O) groups is 1. The second-order valence-electron chi connectivity index (χ2n) is 7.45. The zero-order valence-electron chi connectivity index (χ0n) is 17.0. The summed E-state index contributed by atoms with van der Waals surface area (Å²) in [5.41, 5.74) is 1.38. The van der Waals surface area contributed by atoms with Crippen LogP contribution in [0.4, 0.5) is 5.82 Å². The lowest BCUT2D eigenvalue weighted by molar-refractivity contribution is -0.137. The number of amides is 1. The van der Waals surface area contributed by atoms with Crippen LogP contribution in [0.5, 0.6) is 0 Å². The predicted octanol–water partition coefficient (Wildman–Crippen LogP) is 0.727. The molecule has 0 aromatic carbocycles. The number of aliphatic hydroxyl groups excluding tert-OH is 2. The van der Waals surface area contributed by atoms with Crippen LogP contribution in [0.15, 0.2) is 24.8 Å². The van der Waals surface area contributed by atoms with Crippen molar-refractivity contribution in [1.29, 1.82) is 0 Å². The third kappa shape index (κ3) is 3.92. The quantitative estimate of drug-likeness (QED) is 0.444. The topological polar surface area (TPSA) is 147 Å². The molecule has 1 aliphatic rings. The number of hydrogen-bond donors (Lipinski definition) is 4. The van der Waals surface area contributed by atoms with Crippen molar-refractivity contribution < 1.29 is 19.7 Å². The summed E-state index contributed by atoms with van der Waals surface area (Å²) < 4.78 is 7.15. The second-order valence-corrected chi connectivity index (χ2v) is 7.89. The zero-order valence-corrected chi connectivity index (χ0v) is 17.8. The molecule has 164 valence electrons. The van der Waals surface area contributed by atoms with Gasteiger partial charge >= 0.3 is 0 Å². The van der Waals surface area contributed by atoms with Crippen molar-refractivity contribution in [2.75, 3.05) is 12.4 Å². The van der Waals surface area contributed by atoms with Gasteiger partial charge in [0.25, 0.3) is 5.91 Å². The molecule has 4 heterocycles. The van der Waals surface area contributed by atoms with Crippen LogP contribution in [-0.2, 0) is 9.53 Å². The summed E-state index contributed by atoms with van der Waals surface area (Å²) in [5, 5.41) is 26.9. The summed E-state index contributed by atoms with van der Waals surface area (Å²) in [7, 11) is 1.42. The Balaban J connectivity index is 1.84. The van der Waals surface area contributed by atoms with Crippen LogP contribution < -0.4 is 10.6 Å². The van der Waals surface area contributed by atoms with E-state index in [0.717, 1.165) is 0 Å². The van der Waals surface area contributed by atoms with Gasteiger partial charge in [-0.05, 0) is 19.9 Å². The first-order valence-electron chi connectivity index (χ1n) is 9.65. The maximum atomic E-state index is 12.0. The Morgan fingerprint density at radius 2 is 2.03 bits per heavy atom. The Morgan fingerprint density at radius 1 is 1.26 bits per heavy atom. The fraction of sp³-hybridized carbons (Fsp3) is 0.421. The number of fused-ring (bicyclic) bond motifs is 1. The number of nitrogens with one attached hydrogen (secondary N) is 2. The lowest BCUT2D eigenvalue weighted by atomic mass is 10.1. The number of likely N-dealkylation sites (N-methyl/N-ethyl adjacent to an activating group) is 1. The minimum atomic E-state index is -1.41. The third-order valence-electron chi connectivity index (χ3n) is 4.83. The smallest absolute Gasteiger partial charge is 0.251 e. The molecule has 4 atom stereocenters. The van der Waals surface area contributed by atoms with Crippen LogP contribution >= 0.6 is 11.6 Å². The molecule has 4 N–H and O–H groups in total. The van der Waals surface area contributed by atoms with E-state index in [2.05, 4.69) is 30.6 Å². The maximum Gasteiger partial charge on any atom is 0.251 e. The molecule has 0 saturated carbocycles. The standard InChI is InChI=1S/C19H22ClN7O4/c1-8(2)24-16-11-17(26-15(25-16)9-4-10(20)6-22-5-9)27(7-23-11)19-13(29)12(28)14(31-19)18(30)21-3/h4-8,12-14,19,28-29H,1-3H3,(H,21,30)(H,24,25,26)/t12-,13+,14-,19+/m0/s1. The number of anilines is 1. The molecular formula is C19H22ClN7O4. The van der Waals surface area contributed by atoms with Gasteiger partial charge in [0.2, 0.25) is 0 Å². The summed E-state index contributed by atoms with van der Waals surface area (Å²) in [4.78, 5) is 29.6. The minimum absolute atomic E-state index is 0.0568. The molecule has 3 aromatic rings. The van der Waals surface area contributed by atoms with Crippen LogP contribution in [-0.4, -0.2) is 72.0 Å². The number of rotatable bonds is 5. The van der Waals surface area contributed by atoms with E-state index >= 15 is 0 Å². The summed E-state index contributed by atoms with van der Waals surface area (Å²) in [6.45, 7) is 3.92. The van der Waals surface area contributed by atoms with Crippen LogP contribution in [0.3, 0.4) is 0 Å². The van der Waals surface area contributed by atoms with Gasteiger partial charge in [-0.3, -0.25) is 14.3 Å². The van der Waals surface area contributed by atoms with E-state index in [1.807, 2.05) is 13.8 Å². The number of hydrogen-bond acceptors (Lipinski definition) is 9.